The van der Waals surface area contributed by atoms with Crippen molar-refractivity contribution >= 4 is 11.8 Å². The minimum Gasteiger partial charge on any atom is -0.353 e. The summed E-state index contributed by atoms with van der Waals surface area (Å²) in [7, 11) is 0. The SMILES string of the molecule is C[C@H](CCc1ccccc1)NC(=O)C1CCN(C(=O)c2cccc(F)c2)CC1. The molecule has 0 aromatic heterocycles. The Hall–Kier alpha value is -2.69. The van der Waals surface area contributed by atoms with E-state index in [9.17, 15) is 14.0 Å². The topological polar surface area (TPSA) is 49.4 Å². The van der Waals surface area contributed by atoms with Crippen molar-refractivity contribution in [2.45, 2.75) is 38.6 Å². The molecule has 1 heterocycles. The highest BCUT2D eigenvalue weighted by molar-refractivity contribution is 5.94. The van der Waals surface area contributed by atoms with Crippen LogP contribution in [0.5, 0.6) is 0 Å². The smallest absolute Gasteiger partial charge is 0.253 e. The van der Waals surface area contributed by atoms with Gasteiger partial charge in [0.15, 0.2) is 0 Å². The normalized spacial score (nSPS) is 15.9. The van der Waals surface area contributed by atoms with E-state index < -0.39 is 5.82 Å². The first kappa shape index (κ1) is 20.1. The fourth-order valence-electron chi connectivity index (χ4n) is 3.61. The van der Waals surface area contributed by atoms with Crippen LogP contribution in [0.3, 0.4) is 0 Å². The minimum atomic E-state index is -0.412. The van der Waals surface area contributed by atoms with E-state index >= 15 is 0 Å². The molecule has 1 fully saturated rings. The molecule has 0 unspecified atom stereocenters. The molecule has 1 N–H and O–H groups in total. The Morgan fingerprint density at radius 3 is 2.50 bits per heavy atom. The van der Waals surface area contributed by atoms with Crippen LogP contribution in [0, 0.1) is 11.7 Å². The average molecular weight is 382 g/mol. The van der Waals surface area contributed by atoms with Gasteiger partial charge in [0.1, 0.15) is 5.82 Å². The molecule has 0 saturated carbocycles. The van der Waals surface area contributed by atoms with Crippen LogP contribution in [-0.4, -0.2) is 35.8 Å². The fourth-order valence-corrected chi connectivity index (χ4v) is 3.61. The van der Waals surface area contributed by atoms with E-state index in [0.29, 0.717) is 31.5 Å². The summed E-state index contributed by atoms with van der Waals surface area (Å²) in [6, 6.07) is 16.1. The number of likely N-dealkylation sites (tertiary alicyclic amines) is 1. The van der Waals surface area contributed by atoms with Crippen molar-refractivity contribution < 1.29 is 14.0 Å². The van der Waals surface area contributed by atoms with Gasteiger partial charge in [0.25, 0.3) is 5.91 Å². The van der Waals surface area contributed by atoms with Gasteiger partial charge in [-0.1, -0.05) is 36.4 Å². The highest BCUT2D eigenvalue weighted by Crippen LogP contribution is 2.20. The molecule has 2 amide bonds. The van der Waals surface area contributed by atoms with E-state index in [4.69, 9.17) is 0 Å². The molecule has 1 aliphatic rings. The molecule has 28 heavy (non-hydrogen) atoms. The second-order valence-corrected chi connectivity index (χ2v) is 7.51. The first-order valence-corrected chi connectivity index (χ1v) is 9.92. The summed E-state index contributed by atoms with van der Waals surface area (Å²) in [4.78, 5) is 26.7. The Labute approximate surface area is 165 Å². The lowest BCUT2D eigenvalue weighted by atomic mass is 9.94. The molecule has 4 nitrogen and oxygen atoms in total. The zero-order valence-electron chi connectivity index (χ0n) is 16.2. The van der Waals surface area contributed by atoms with Crippen LogP contribution in [0.15, 0.2) is 54.6 Å². The quantitative estimate of drug-likeness (QED) is 0.826. The van der Waals surface area contributed by atoms with Crippen molar-refractivity contribution in [3.05, 3.63) is 71.5 Å². The van der Waals surface area contributed by atoms with Crippen LogP contribution >= 0.6 is 0 Å². The molecule has 0 bridgehead atoms. The summed E-state index contributed by atoms with van der Waals surface area (Å²) in [5.74, 6) is -0.589. The maximum atomic E-state index is 13.3. The molecule has 148 valence electrons. The molecule has 3 rings (SSSR count). The number of nitrogens with one attached hydrogen (secondary N) is 1. The number of piperidine rings is 1. The van der Waals surface area contributed by atoms with Crippen molar-refractivity contribution in [3.8, 4) is 0 Å². The van der Waals surface area contributed by atoms with E-state index in [0.717, 1.165) is 12.8 Å². The molecule has 0 aliphatic carbocycles. The number of carbonyl (C=O) groups excluding carboxylic acids is 2. The van der Waals surface area contributed by atoms with Crippen LogP contribution in [0.25, 0.3) is 0 Å². The number of nitrogens with zero attached hydrogens (tertiary/aromatic N) is 1. The second kappa shape index (κ2) is 9.49. The van der Waals surface area contributed by atoms with E-state index in [1.807, 2.05) is 25.1 Å². The summed E-state index contributed by atoms with van der Waals surface area (Å²) in [5, 5.41) is 3.11. The van der Waals surface area contributed by atoms with Gasteiger partial charge in [-0.15, -0.1) is 0 Å². The molecule has 0 spiro atoms. The summed E-state index contributed by atoms with van der Waals surface area (Å²) >= 11 is 0. The number of hydrogen-bond acceptors (Lipinski definition) is 2. The summed E-state index contributed by atoms with van der Waals surface area (Å²) < 4.78 is 13.3. The average Bonchev–Trinajstić information content (AvgIpc) is 2.72. The van der Waals surface area contributed by atoms with Gasteiger partial charge < -0.3 is 10.2 Å². The van der Waals surface area contributed by atoms with Gasteiger partial charge in [0, 0.05) is 30.6 Å². The van der Waals surface area contributed by atoms with Gasteiger partial charge in [-0.05, 0) is 56.4 Å². The first-order valence-electron chi connectivity index (χ1n) is 9.92. The lowest BCUT2D eigenvalue weighted by Gasteiger charge is -2.32. The van der Waals surface area contributed by atoms with Crippen molar-refractivity contribution in [3.63, 3.8) is 0 Å². The zero-order chi connectivity index (χ0) is 19.9. The maximum Gasteiger partial charge on any atom is 0.253 e. The molecule has 1 saturated heterocycles. The number of benzene rings is 2. The van der Waals surface area contributed by atoms with Gasteiger partial charge in [-0.25, -0.2) is 4.39 Å². The molecular weight excluding hydrogens is 355 g/mol. The third-order valence-corrected chi connectivity index (χ3v) is 5.32. The van der Waals surface area contributed by atoms with Crippen LogP contribution in [-0.2, 0) is 11.2 Å². The number of halogens is 1. The van der Waals surface area contributed by atoms with Crippen LogP contribution in [0.4, 0.5) is 4.39 Å². The van der Waals surface area contributed by atoms with Crippen LogP contribution in [0.1, 0.15) is 42.1 Å². The third-order valence-electron chi connectivity index (χ3n) is 5.32. The maximum absolute atomic E-state index is 13.3. The van der Waals surface area contributed by atoms with E-state index in [1.165, 1.54) is 17.7 Å². The Morgan fingerprint density at radius 1 is 1.11 bits per heavy atom. The highest BCUT2D eigenvalue weighted by atomic mass is 19.1. The number of aryl methyl sites for hydroxylation is 1. The van der Waals surface area contributed by atoms with Crippen LogP contribution in [0.2, 0.25) is 0 Å². The predicted octanol–water partition coefficient (Wildman–Crippen LogP) is 3.82. The number of rotatable bonds is 6. The second-order valence-electron chi connectivity index (χ2n) is 7.51. The molecule has 1 aliphatic heterocycles. The van der Waals surface area contributed by atoms with Crippen LogP contribution < -0.4 is 5.32 Å². The summed E-state index contributed by atoms with van der Waals surface area (Å²) in [5.41, 5.74) is 1.63. The number of carbonyl (C=O) groups is 2. The summed E-state index contributed by atoms with van der Waals surface area (Å²) in [6.45, 7) is 3.07. The monoisotopic (exact) mass is 382 g/mol. The van der Waals surface area contributed by atoms with Crippen molar-refractivity contribution in [1.82, 2.24) is 10.2 Å². The van der Waals surface area contributed by atoms with Gasteiger partial charge in [0.05, 0.1) is 0 Å². The van der Waals surface area contributed by atoms with Gasteiger partial charge in [-0.2, -0.15) is 0 Å². The van der Waals surface area contributed by atoms with Gasteiger partial charge in [-0.3, -0.25) is 9.59 Å². The Bertz CT molecular complexity index is 801. The standard InChI is InChI=1S/C23H27FN2O2/c1-17(10-11-18-6-3-2-4-7-18)25-22(27)19-12-14-26(15-13-19)23(28)20-8-5-9-21(24)16-20/h2-9,16-17,19H,10-15H2,1H3,(H,25,27)/t17-/m1/s1. The molecule has 0 radical (unpaired) electrons. The molecule has 1 atom stereocenters. The molecule has 2 aromatic rings. The highest BCUT2D eigenvalue weighted by Gasteiger charge is 2.28. The largest absolute Gasteiger partial charge is 0.353 e. The summed E-state index contributed by atoms with van der Waals surface area (Å²) in [6.07, 6.45) is 3.10. The Kier molecular flexibility index (Phi) is 6.80. The van der Waals surface area contributed by atoms with Gasteiger partial charge in [0.2, 0.25) is 5.91 Å². The molecular formula is C23H27FN2O2. The van der Waals surface area contributed by atoms with E-state index in [2.05, 4.69) is 17.4 Å². The minimum absolute atomic E-state index is 0.0680. The number of amides is 2. The molecule has 2 aromatic carbocycles. The lowest BCUT2D eigenvalue weighted by molar-refractivity contribution is -0.126. The lowest BCUT2D eigenvalue weighted by Crippen LogP contribution is -2.44. The Morgan fingerprint density at radius 2 is 1.82 bits per heavy atom. The van der Waals surface area contributed by atoms with Crippen molar-refractivity contribution in [2.24, 2.45) is 5.92 Å². The Balaban J connectivity index is 1.43. The predicted molar refractivity (Wildman–Crippen MR) is 107 cm³/mol. The van der Waals surface area contributed by atoms with E-state index in [-0.39, 0.29) is 23.8 Å². The number of hydrogen-bond donors (Lipinski definition) is 1. The van der Waals surface area contributed by atoms with Crippen molar-refractivity contribution in [1.29, 1.82) is 0 Å². The van der Waals surface area contributed by atoms with E-state index in [1.54, 1.807) is 17.0 Å². The van der Waals surface area contributed by atoms with Crippen molar-refractivity contribution in [2.75, 3.05) is 13.1 Å². The third kappa shape index (κ3) is 5.41. The zero-order valence-corrected chi connectivity index (χ0v) is 16.2. The molecule has 5 heteroatoms. The fraction of sp³-hybridized carbons (Fsp3) is 0.391. The van der Waals surface area contributed by atoms with Gasteiger partial charge >= 0.3 is 0 Å². The first-order chi connectivity index (χ1) is 13.5.